The lowest BCUT2D eigenvalue weighted by Gasteiger charge is -2.03. The zero-order chi connectivity index (χ0) is 17.3. The van der Waals surface area contributed by atoms with Crippen LogP contribution in [0.3, 0.4) is 0 Å². The molecule has 0 aliphatic heterocycles. The number of nitrogens with zero attached hydrogens (tertiary/aromatic N) is 4. The predicted octanol–water partition coefficient (Wildman–Crippen LogP) is 4.88. The quantitative estimate of drug-likeness (QED) is 0.695. The van der Waals surface area contributed by atoms with Gasteiger partial charge in [-0.1, -0.05) is 19.9 Å². The number of hydrogen-bond acceptors (Lipinski definition) is 4. The molecule has 0 amide bonds. The molecule has 0 aliphatic carbocycles. The van der Waals surface area contributed by atoms with Gasteiger partial charge in [-0.05, 0) is 49.2 Å². The van der Waals surface area contributed by atoms with Crippen molar-refractivity contribution in [2.24, 2.45) is 10.2 Å². The van der Waals surface area contributed by atoms with Gasteiger partial charge in [-0.25, -0.2) is 9.78 Å². The Labute approximate surface area is 139 Å². The number of carboxylic acid groups (broad SMARTS) is 1. The van der Waals surface area contributed by atoms with Crippen LogP contribution in [-0.2, 0) is 0 Å². The first-order valence-corrected chi connectivity index (χ1v) is 7.70. The minimum absolute atomic E-state index is 0.215. The highest BCUT2D eigenvalue weighted by Crippen LogP contribution is 2.30. The molecular weight excluding hydrogens is 304 g/mol. The highest BCUT2D eigenvalue weighted by molar-refractivity contribution is 5.87. The number of azo groups is 1. The summed E-state index contributed by atoms with van der Waals surface area (Å²) in [4.78, 5) is 15.5. The van der Waals surface area contributed by atoms with Crippen LogP contribution in [0.2, 0.25) is 0 Å². The van der Waals surface area contributed by atoms with Crippen molar-refractivity contribution in [2.45, 2.75) is 26.7 Å². The number of fused-ring (bicyclic) bond motifs is 1. The molecular formula is C18H18N4O2. The summed E-state index contributed by atoms with van der Waals surface area (Å²) in [6.45, 7) is 6.13. The fraction of sp³-hybridized carbons (Fsp3) is 0.222. The highest BCUT2D eigenvalue weighted by Gasteiger charge is 2.16. The molecule has 122 valence electrons. The van der Waals surface area contributed by atoms with E-state index in [1.807, 2.05) is 29.5 Å². The van der Waals surface area contributed by atoms with Crippen LogP contribution in [0.5, 0.6) is 0 Å². The summed E-state index contributed by atoms with van der Waals surface area (Å²) in [5.74, 6) is -0.0361. The van der Waals surface area contributed by atoms with Gasteiger partial charge in [-0.2, -0.15) is 0 Å². The van der Waals surface area contributed by atoms with Crippen LogP contribution in [0.25, 0.3) is 5.65 Å². The number of rotatable bonds is 4. The van der Waals surface area contributed by atoms with E-state index in [2.05, 4.69) is 29.1 Å². The van der Waals surface area contributed by atoms with E-state index < -0.39 is 5.97 Å². The lowest BCUT2D eigenvalue weighted by molar-refractivity contribution is 0.0697. The van der Waals surface area contributed by atoms with Crippen molar-refractivity contribution < 1.29 is 9.90 Å². The fourth-order valence-electron chi connectivity index (χ4n) is 2.51. The molecule has 0 aliphatic rings. The molecule has 0 saturated heterocycles. The summed E-state index contributed by atoms with van der Waals surface area (Å²) >= 11 is 0. The molecule has 0 bridgehead atoms. The van der Waals surface area contributed by atoms with Crippen molar-refractivity contribution in [3.05, 3.63) is 59.4 Å². The Morgan fingerprint density at radius 3 is 2.46 bits per heavy atom. The Kier molecular flexibility index (Phi) is 4.12. The smallest absolute Gasteiger partial charge is 0.335 e. The van der Waals surface area contributed by atoms with Crippen LogP contribution in [-0.4, -0.2) is 20.5 Å². The topological polar surface area (TPSA) is 79.3 Å². The Hall–Kier alpha value is -3.02. The normalized spacial score (nSPS) is 11.7. The summed E-state index contributed by atoms with van der Waals surface area (Å²) < 4.78 is 1.98. The SMILES string of the molecule is Cc1cccc2nc(C(C)C)c(N=Nc3ccc(C(=O)O)cc3)n12. The minimum atomic E-state index is -0.960. The van der Waals surface area contributed by atoms with Crippen LogP contribution in [0.4, 0.5) is 11.5 Å². The van der Waals surface area contributed by atoms with Gasteiger partial charge in [0, 0.05) is 5.69 Å². The van der Waals surface area contributed by atoms with Crippen molar-refractivity contribution in [3.63, 3.8) is 0 Å². The maximum atomic E-state index is 10.9. The second-order valence-corrected chi connectivity index (χ2v) is 5.89. The number of carbonyl (C=O) groups is 1. The van der Waals surface area contributed by atoms with Gasteiger partial charge in [-0.15, -0.1) is 10.2 Å². The van der Waals surface area contributed by atoms with Gasteiger partial charge in [-0.3, -0.25) is 4.40 Å². The lowest BCUT2D eigenvalue weighted by atomic mass is 10.1. The third-order valence-corrected chi connectivity index (χ3v) is 3.76. The zero-order valence-electron chi connectivity index (χ0n) is 13.8. The van der Waals surface area contributed by atoms with Crippen LogP contribution in [0.1, 0.15) is 41.5 Å². The van der Waals surface area contributed by atoms with E-state index in [0.29, 0.717) is 11.5 Å². The molecule has 0 saturated carbocycles. The maximum Gasteiger partial charge on any atom is 0.335 e. The van der Waals surface area contributed by atoms with Crippen molar-refractivity contribution in [1.82, 2.24) is 9.38 Å². The molecule has 0 radical (unpaired) electrons. The van der Waals surface area contributed by atoms with Gasteiger partial charge < -0.3 is 5.11 Å². The number of aromatic carboxylic acids is 1. The van der Waals surface area contributed by atoms with E-state index in [4.69, 9.17) is 5.11 Å². The Bertz CT molecular complexity index is 924. The van der Waals surface area contributed by atoms with Gasteiger partial charge >= 0.3 is 5.97 Å². The Morgan fingerprint density at radius 2 is 1.83 bits per heavy atom. The van der Waals surface area contributed by atoms with Crippen LogP contribution >= 0.6 is 0 Å². The number of aromatic nitrogens is 2. The second-order valence-electron chi connectivity index (χ2n) is 5.89. The first-order chi connectivity index (χ1) is 11.5. The Morgan fingerprint density at radius 1 is 1.12 bits per heavy atom. The summed E-state index contributed by atoms with van der Waals surface area (Å²) in [6.07, 6.45) is 0. The minimum Gasteiger partial charge on any atom is -0.478 e. The Balaban J connectivity index is 2.05. The first kappa shape index (κ1) is 15.9. The first-order valence-electron chi connectivity index (χ1n) is 7.70. The van der Waals surface area contributed by atoms with Crippen LogP contribution in [0.15, 0.2) is 52.7 Å². The van der Waals surface area contributed by atoms with Gasteiger partial charge in [0.05, 0.1) is 16.9 Å². The number of aryl methyl sites for hydroxylation is 1. The summed E-state index contributed by atoms with van der Waals surface area (Å²) in [5, 5.41) is 17.6. The number of carboxylic acids is 1. The van der Waals surface area contributed by atoms with Crippen molar-refractivity contribution >= 4 is 23.1 Å². The lowest BCUT2D eigenvalue weighted by Crippen LogP contribution is -1.94. The number of hydrogen-bond donors (Lipinski definition) is 1. The average Bonchev–Trinajstić information content (AvgIpc) is 2.93. The molecule has 1 N–H and O–H groups in total. The monoisotopic (exact) mass is 322 g/mol. The second kappa shape index (κ2) is 6.23. The molecule has 0 atom stereocenters. The van der Waals surface area contributed by atoms with Crippen molar-refractivity contribution in [1.29, 1.82) is 0 Å². The van der Waals surface area contributed by atoms with Crippen molar-refractivity contribution in [2.75, 3.05) is 0 Å². The molecule has 6 heteroatoms. The van der Waals surface area contributed by atoms with Gasteiger partial charge in [0.15, 0.2) is 5.82 Å². The van der Waals surface area contributed by atoms with E-state index >= 15 is 0 Å². The molecule has 3 rings (SSSR count). The fourth-order valence-corrected chi connectivity index (χ4v) is 2.51. The highest BCUT2D eigenvalue weighted by atomic mass is 16.4. The van der Waals surface area contributed by atoms with E-state index in [0.717, 1.165) is 17.0 Å². The number of imidazole rings is 1. The molecule has 1 aromatic carbocycles. The largest absolute Gasteiger partial charge is 0.478 e. The maximum absolute atomic E-state index is 10.9. The van der Waals surface area contributed by atoms with Gasteiger partial charge in [0.1, 0.15) is 5.65 Å². The van der Waals surface area contributed by atoms with E-state index in [9.17, 15) is 4.79 Å². The molecule has 2 aromatic heterocycles. The summed E-state index contributed by atoms with van der Waals surface area (Å²) in [7, 11) is 0. The van der Waals surface area contributed by atoms with Crippen LogP contribution in [0, 0.1) is 6.92 Å². The number of pyridine rings is 1. The van der Waals surface area contributed by atoms with Gasteiger partial charge in [0.25, 0.3) is 0 Å². The van der Waals surface area contributed by atoms with Gasteiger partial charge in [0.2, 0.25) is 0 Å². The molecule has 6 nitrogen and oxygen atoms in total. The molecule has 0 spiro atoms. The zero-order valence-corrected chi connectivity index (χ0v) is 13.8. The standard InChI is InChI=1S/C18H18N4O2/c1-11(2)16-17(22-12(3)5-4-6-15(22)19-16)21-20-14-9-7-13(8-10-14)18(23)24/h4-11H,1-3H3,(H,23,24). The van der Waals surface area contributed by atoms with E-state index in [-0.39, 0.29) is 11.5 Å². The molecule has 3 aromatic rings. The summed E-state index contributed by atoms with van der Waals surface area (Å²) in [5.41, 5.74) is 3.58. The summed E-state index contributed by atoms with van der Waals surface area (Å²) in [6, 6.07) is 12.2. The number of benzene rings is 1. The third-order valence-electron chi connectivity index (χ3n) is 3.76. The molecule has 0 fully saturated rings. The molecule has 2 heterocycles. The van der Waals surface area contributed by atoms with Crippen LogP contribution < -0.4 is 0 Å². The molecule has 24 heavy (non-hydrogen) atoms. The van der Waals surface area contributed by atoms with Crippen molar-refractivity contribution in [3.8, 4) is 0 Å². The van der Waals surface area contributed by atoms with E-state index in [1.165, 1.54) is 12.1 Å². The molecule has 0 unspecified atom stereocenters. The third kappa shape index (κ3) is 2.90. The van der Waals surface area contributed by atoms with E-state index in [1.54, 1.807) is 12.1 Å². The predicted molar refractivity (Wildman–Crippen MR) is 91.6 cm³/mol. The average molecular weight is 322 g/mol.